The zero-order chi connectivity index (χ0) is 13.7. The van der Waals surface area contributed by atoms with E-state index in [1.54, 1.807) is 6.33 Å². The van der Waals surface area contributed by atoms with Gasteiger partial charge in [-0.1, -0.05) is 6.92 Å². The number of anilines is 2. The monoisotopic (exact) mass is 263 g/mol. The van der Waals surface area contributed by atoms with Crippen LogP contribution < -0.4 is 15.5 Å². The first kappa shape index (κ1) is 14.1. The third-order valence-corrected chi connectivity index (χ3v) is 3.77. The molecule has 1 unspecified atom stereocenters. The van der Waals surface area contributed by atoms with Gasteiger partial charge in [0.1, 0.15) is 18.0 Å². The second kappa shape index (κ2) is 6.70. The first-order valence-electron chi connectivity index (χ1n) is 7.22. The van der Waals surface area contributed by atoms with Gasteiger partial charge in [0, 0.05) is 32.7 Å². The summed E-state index contributed by atoms with van der Waals surface area (Å²) in [6, 6.07) is 2.10. The summed E-state index contributed by atoms with van der Waals surface area (Å²) in [7, 11) is 2.08. The fourth-order valence-corrected chi connectivity index (χ4v) is 2.68. The van der Waals surface area contributed by atoms with Gasteiger partial charge < -0.3 is 15.5 Å². The number of hydrogen-bond donors (Lipinski definition) is 1. The van der Waals surface area contributed by atoms with Gasteiger partial charge in [-0.3, -0.25) is 0 Å². The Morgan fingerprint density at radius 1 is 1.47 bits per heavy atom. The average molecular weight is 263 g/mol. The fourth-order valence-electron chi connectivity index (χ4n) is 2.68. The molecule has 5 nitrogen and oxygen atoms in total. The second-order valence-corrected chi connectivity index (χ2v) is 5.33. The van der Waals surface area contributed by atoms with E-state index in [1.165, 1.54) is 6.42 Å². The summed E-state index contributed by atoms with van der Waals surface area (Å²) in [6.07, 6.45) is 5.14. The van der Waals surface area contributed by atoms with E-state index >= 15 is 0 Å². The van der Waals surface area contributed by atoms with E-state index in [1.807, 2.05) is 0 Å². The van der Waals surface area contributed by atoms with Crippen LogP contribution in [-0.4, -0.2) is 43.2 Å². The fraction of sp³-hybridized carbons (Fsp3) is 0.714. The van der Waals surface area contributed by atoms with Gasteiger partial charge >= 0.3 is 0 Å². The SMILES string of the molecule is CCCN(C)c1cc(N2CCC(CCN)C2)ncn1. The lowest BCUT2D eigenvalue weighted by Crippen LogP contribution is -2.23. The summed E-state index contributed by atoms with van der Waals surface area (Å²) < 4.78 is 0. The van der Waals surface area contributed by atoms with Gasteiger partial charge in [0.25, 0.3) is 0 Å². The molecule has 2 heterocycles. The van der Waals surface area contributed by atoms with Gasteiger partial charge in [-0.15, -0.1) is 0 Å². The van der Waals surface area contributed by atoms with Crippen LogP contribution in [0.2, 0.25) is 0 Å². The van der Waals surface area contributed by atoms with E-state index in [9.17, 15) is 0 Å². The van der Waals surface area contributed by atoms with E-state index in [-0.39, 0.29) is 0 Å². The zero-order valence-electron chi connectivity index (χ0n) is 12.0. The van der Waals surface area contributed by atoms with Gasteiger partial charge in [-0.25, -0.2) is 9.97 Å². The molecule has 0 aromatic carbocycles. The van der Waals surface area contributed by atoms with Crippen molar-refractivity contribution in [2.75, 3.05) is 43.0 Å². The Bertz CT molecular complexity index is 395. The molecule has 0 spiro atoms. The minimum Gasteiger partial charge on any atom is -0.360 e. The van der Waals surface area contributed by atoms with Crippen LogP contribution in [0.5, 0.6) is 0 Å². The van der Waals surface area contributed by atoms with E-state index in [0.29, 0.717) is 0 Å². The number of aromatic nitrogens is 2. The highest BCUT2D eigenvalue weighted by atomic mass is 15.2. The molecule has 1 atom stereocenters. The highest BCUT2D eigenvalue weighted by Crippen LogP contribution is 2.25. The van der Waals surface area contributed by atoms with Gasteiger partial charge in [-0.05, 0) is 31.7 Å². The average Bonchev–Trinajstić information content (AvgIpc) is 2.88. The Kier molecular flexibility index (Phi) is 4.96. The van der Waals surface area contributed by atoms with E-state index in [2.05, 4.69) is 39.8 Å². The van der Waals surface area contributed by atoms with Gasteiger partial charge in [0.2, 0.25) is 0 Å². The second-order valence-electron chi connectivity index (χ2n) is 5.33. The third-order valence-electron chi connectivity index (χ3n) is 3.77. The Morgan fingerprint density at radius 2 is 2.32 bits per heavy atom. The smallest absolute Gasteiger partial charge is 0.134 e. The Balaban J connectivity index is 2.03. The molecule has 2 N–H and O–H groups in total. The summed E-state index contributed by atoms with van der Waals surface area (Å²) in [6.45, 7) is 6.14. The molecule has 0 saturated carbocycles. The van der Waals surface area contributed by atoms with Gasteiger partial charge in [0.15, 0.2) is 0 Å². The lowest BCUT2D eigenvalue weighted by atomic mass is 10.1. The molecular weight excluding hydrogens is 238 g/mol. The van der Waals surface area contributed by atoms with Crippen LogP contribution in [0.25, 0.3) is 0 Å². The number of hydrogen-bond acceptors (Lipinski definition) is 5. The molecular formula is C14H25N5. The van der Waals surface area contributed by atoms with Crippen LogP contribution in [0.1, 0.15) is 26.2 Å². The molecule has 1 aliphatic heterocycles. The van der Waals surface area contributed by atoms with E-state index < -0.39 is 0 Å². The first-order valence-corrected chi connectivity index (χ1v) is 7.22. The molecule has 1 aromatic rings. The molecule has 1 saturated heterocycles. The van der Waals surface area contributed by atoms with Crippen LogP contribution in [0, 0.1) is 5.92 Å². The third kappa shape index (κ3) is 3.56. The highest BCUT2D eigenvalue weighted by Gasteiger charge is 2.23. The number of nitrogens with zero attached hydrogens (tertiary/aromatic N) is 4. The number of nitrogens with two attached hydrogens (primary N) is 1. The largest absolute Gasteiger partial charge is 0.360 e. The van der Waals surface area contributed by atoms with E-state index in [4.69, 9.17) is 5.73 Å². The van der Waals surface area contributed by atoms with Crippen molar-refractivity contribution in [3.8, 4) is 0 Å². The summed E-state index contributed by atoms with van der Waals surface area (Å²) >= 11 is 0. The highest BCUT2D eigenvalue weighted by molar-refractivity contribution is 5.50. The normalized spacial score (nSPS) is 18.9. The molecule has 1 aromatic heterocycles. The van der Waals surface area contributed by atoms with Crippen molar-refractivity contribution in [2.24, 2.45) is 11.7 Å². The van der Waals surface area contributed by atoms with Crippen molar-refractivity contribution in [2.45, 2.75) is 26.2 Å². The van der Waals surface area contributed by atoms with Crippen LogP contribution in [-0.2, 0) is 0 Å². The molecule has 0 aliphatic carbocycles. The summed E-state index contributed by atoms with van der Waals surface area (Å²) in [5, 5.41) is 0. The maximum atomic E-state index is 5.64. The topological polar surface area (TPSA) is 58.3 Å². The molecule has 0 bridgehead atoms. The molecule has 19 heavy (non-hydrogen) atoms. The van der Waals surface area contributed by atoms with E-state index in [0.717, 1.165) is 56.6 Å². The van der Waals surface area contributed by atoms with Crippen molar-refractivity contribution in [3.05, 3.63) is 12.4 Å². The van der Waals surface area contributed by atoms with Crippen molar-refractivity contribution < 1.29 is 0 Å². The molecule has 0 amide bonds. The van der Waals surface area contributed by atoms with Crippen LogP contribution in [0.15, 0.2) is 12.4 Å². The van der Waals surface area contributed by atoms with Crippen molar-refractivity contribution in [3.63, 3.8) is 0 Å². The van der Waals surface area contributed by atoms with Crippen molar-refractivity contribution >= 4 is 11.6 Å². The van der Waals surface area contributed by atoms with Gasteiger partial charge in [0.05, 0.1) is 0 Å². The summed E-state index contributed by atoms with van der Waals surface area (Å²) in [4.78, 5) is 13.3. The van der Waals surface area contributed by atoms with Crippen molar-refractivity contribution in [1.82, 2.24) is 9.97 Å². The summed E-state index contributed by atoms with van der Waals surface area (Å²) in [5.41, 5.74) is 5.64. The lowest BCUT2D eigenvalue weighted by Gasteiger charge is -2.21. The van der Waals surface area contributed by atoms with Gasteiger partial charge in [-0.2, -0.15) is 0 Å². The molecule has 0 radical (unpaired) electrons. The quantitative estimate of drug-likeness (QED) is 0.843. The minimum atomic E-state index is 0.719. The summed E-state index contributed by atoms with van der Waals surface area (Å²) in [5.74, 6) is 2.78. The predicted molar refractivity (Wildman–Crippen MR) is 79.6 cm³/mol. The first-order chi connectivity index (χ1) is 9.24. The molecule has 1 fully saturated rings. The van der Waals surface area contributed by atoms with Crippen LogP contribution in [0.3, 0.4) is 0 Å². The maximum Gasteiger partial charge on any atom is 0.134 e. The maximum absolute atomic E-state index is 5.64. The Morgan fingerprint density at radius 3 is 3.05 bits per heavy atom. The van der Waals surface area contributed by atoms with Crippen LogP contribution >= 0.6 is 0 Å². The standard InChI is InChI=1S/C14H25N5/c1-3-7-18(2)13-9-14(17-11-16-13)19-8-5-12(10-19)4-6-15/h9,11-12H,3-8,10,15H2,1-2H3. The van der Waals surface area contributed by atoms with Crippen LogP contribution in [0.4, 0.5) is 11.6 Å². The minimum absolute atomic E-state index is 0.719. The van der Waals surface area contributed by atoms with Crippen molar-refractivity contribution in [1.29, 1.82) is 0 Å². The number of rotatable bonds is 6. The molecule has 5 heteroatoms. The molecule has 2 rings (SSSR count). The zero-order valence-corrected chi connectivity index (χ0v) is 12.0. The Labute approximate surface area is 115 Å². The predicted octanol–water partition coefficient (Wildman–Crippen LogP) is 1.50. The molecule has 1 aliphatic rings. The Hall–Kier alpha value is -1.36. The lowest BCUT2D eigenvalue weighted by molar-refractivity contribution is 0.546. The molecule has 106 valence electrons.